The van der Waals surface area contributed by atoms with Gasteiger partial charge in [-0.3, -0.25) is 9.59 Å². The molecule has 0 N–H and O–H groups in total. The number of hydrogen-bond donors (Lipinski definition) is 0. The molecule has 6 nitrogen and oxygen atoms in total. The summed E-state index contributed by atoms with van der Waals surface area (Å²) in [5.74, 6) is 0.517. The van der Waals surface area contributed by atoms with Crippen LogP contribution in [0.2, 0.25) is 0 Å². The fraction of sp³-hybridized carbons (Fsp3) is 0.261. The van der Waals surface area contributed by atoms with Crippen molar-refractivity contribution < 1.29 is 9.53 Å². The molecule has 0 aliphatic carbocycles. The zero-order chi connectivity index (χ0) is 20.6. The van der Waals surface area contributed by atoms with Gasteiger partial charge in [-0.1, -0.05) is 48.5 Å². The Hall–Kier alpha value is -3.41. The molecule has 1 heterocycles. The molecule has 6 heteroatoms. The molecule has 0 spiro atoms. The maximum Gasteiger partial charge on any atom is 0.274 e. The van der Waals surface area contributed by atoms with Crippen LogP contribution in [0.15, 0.2) is 77.6 Å². The molecule has 3 rings (SSSR count). The van der Waals surface area contributed by atoms with Crippen molar-refractivity contribution >= 4 is 5.91 Å². The molecular formula is C23H25N3O3. The summed E-state index contributed by atoms with van der Waals surface area (Å²) in [4.78, 5) is 27.0. The van der Waals surface area contributed by atoms with Crippen molar-refractivity contribution in [3.05, 3.63) is 94.4 Å². The van der Waals surface area contributed by atoms with Crippen LogP contribution in [0.1, 0.15) is 29.9 Å². The van der Waals surface area contributed by atoms with E-state index < -0.39 is 0 Å². The minimum absolute atomic E-state index is 0.00806. The van der Waals surface area contributed by atoms with Crippen LogP contribution in [0.4, 0.5) is 0 Å². The molecule has 0 bridgehead atoms. The Morgan fingerprint density at radius 1 is 1.00 bits per heavy atom. The lowest BCUT2D eigenvalue weighted by molar-refractivity contribution is 0.0681. The number of carbonyl (C=O) groups is 1. The number of aromatic nitrogens is 2. The van der Waals surface area contributed by atoms with E-state index in [2.05, 4.69) is 5.10 Å². The molecule has 2 aromatic carbocycles. The van der Waals surface area contributed by atoms with Gasteiger partial charge in [-0.2, -0.15) is 5.10 Å². The average molecular weight is 391 g/mol. The number of carbonyl (C=O) groups excluding carboxylic acids is 1. The van der Waals surface area contributed by atoms with Crippen LogP contribution in [-0.4, -0.2) is 33.2 Å². The third kappa shape index (κ3) is 5.54. The van der Waals surface area contributed by atoms with Gasteiger partial charge in [-0.15, -0.1) is 0 Å². The minimum atomic E-state index is -0.266. The predicted molar refractivity (Wildman–Crippen MR) is 112 cm³/mol. The quantitative estimate of drug-likeness (QED) is 0.591. The Morgan fingerprint density at radius 3 is 2.31 bits per heavy atom. The topological polar surface area (TPSA) is 64.4 Å². The van der Waals surface area contributed by atoms with Crippen LogP contribution in [-0.2, 0) is 13.1 Å². The van der Waals surface area contributed by atoms with Gasteiger partial charge in [-0.05, 0) is 37.6 Å². The molecule has 1 amide bonds. The van der Waals surface area contributed by atoms with E-state index in [0.717, 1.165) is 11.3 Å². The van der Waals surface area contributed by atoms with Crippen molar-refractivity contribution in [3.8, 4) is 5.75 Å². The largest absolute Gasteiger partial charge is 0.492 e. The van der Waals surface area contributed by atoms with Gasteiger partial charge in [0, 0.05) is 18.7 Å². The van der Waals surface area contributed by atoms with Crippen LogP contribution in [0.25, 0.3) is 0 Å². The van der Waals surface area contributed by atoms with E-state index in [1.807, 2.05) is 74.5 Å². The number of nitrogens with zero attached hydrogens (tertiary/aromatic N) is 3. The highest BCUT2D eigenvalue weighted by Gasteiger charge is 2.21. The van der Waals surface area contributed by atoms with E-state index in [1.165, 1.54) is 16.8 Å². The van der Waals surface area contributed by atoms with Crippen LogP contribution in [0.3, 0.4) is 0 Å². The number of hydrogen-bond acceptors (Lipinski definition) is 4. The average Bonchev–Trinajstić information content (AvgIpc) is 2.74. The SMILES string of the molecule is CC(C)N(Cc1ccccc1)C(=O)c1ccc(=O)n(CCOc2ccccc2)n1. The summed E-state index contributed by atoms with van der Waals surface area (Å²) >= 11 is 0. The van der Waals surface area contributed by atoms with Crippen LogP contribution in [0.5, 0.6) is 5.75 Å². The second-order valence-electron chi connectivity index (χ2n) is 6.95. The fourth-order valence-electron chi connectivity index (χ4n) is 2.91. The first kappa shape index (κ1) is 20.3. The molecular weight excluding hydrogens is 366 g/mol. The van der Waals surface area contributed by atoms with Gasteiger partial charge in [0.1, 0.15) is 18.1 Å². The molecule has 0 radical (unpaired) electrons. The van der Waals surface area contributed by atoms with Crippen molar-refractivity contribution in [1.82, 2.24) is 14.7 Å². The molecule has 0 aliphatic rings. The first-order valence-corrected chi connectivity index (χ1v) is 9.65. The zero-order valence-corrected chi connectivity index (χ0v) is 16.7. The Kier molecular flexibility index (Phi) is 6.79. The Balaban J connectivity index is 1.72. The second-order valence-corrected chi connectivity index (χ2v) is 6.95. The van der Waals surface area contributed by atoms with E-state index in [0.29, 0.717) is 6.54 Å². The smallest absolute Gasteiger partial charge is 0.274 e. The van der Waals surface area contributed by atoms with Crippen molar-refractivity contribution in [1.29, 1.82) is 0 Å². The molecule has 0 atom stereocenters. The monoisotopic (exact) mass is 391 g/mol. The molecule has 0 saturated carbocycles. The Bertz CT molecular complexity index is 985. The number of amides is 1. The summed E-state index contributed by atoms with van der Waals surface area (Å²) in [6.45, 7) is 4.95. The molecule has 3 aromatic rings. The lowest BCUT2D eigenvalue weighted by Crippen LogP contribution is -2.38. The maximum atomic E-state index is 13.1. The van der Waals surface area contributed by atoms with Crippen molar-refractivity contribution in [3.63, 3.8) is 0 Å². The van der Waals surface area contributed by atoms with Crippen molar-refractivity contribution in [2.45, 2.75) is 33.0 Å². The number of rotatable bonds is 8. The zero-order valence-electron chi connectivity index (χ0n) is 16.7. The highest BCUT2D eigenvalue weighted by molar-refractivity contribution is 5.92. The van der Waals surface area contributed by atoms with E-state index in [-0.39, 0.29) is 36.4 Å². The third-order valence-electron chi connectivity index (χ3n) is 4.48. The summed E-state index contributed by atoms with van der Waals surface area (Å²) < 4.78 is 6.91. The van der Waals surface area contributed by atoms with E-state index in [4.69, 9.17) is 4.74 Å². The molecule has 1 aromatic heterocycles. The van der Waals surface area contributed by atoms with Gasteiger partial charge >= 0.3 is 0 Å². The lowest BCUT2D eigenvalue weighted by Gasteiger charge is -2.26. The van der Waals surface area contributed by atoms with Crippen molar-refractivity contribution in [2.24, 2.45) is 0 Å². The Morgan fingerprint density at radius 2 is 1.66 bits per heavy atom. The maximum absolute atomic E-state index is 13.1. The first-order chi connectivity index (χ1) is 14.0. The van der Waals surface area contributed by atoms with Crippen molar-refractivity contribution in [2.75, 3.05) is 6.61 Å². The number of ether oxygens (including phenoxy) is 1. The van der Waals surface area contributed by atoms with Gasteiger partial charge in [0.05, 0.1) is 6.54 Å². The molecule has 0 aliphatic heterocycles. The summed E-state index contributed by atoms with van der Waals surface area (Å²) in [5, 5.41) is 4.28. The number of benzene rings is 2. The fourth-order valence-corrected chi connectivity index (χ4v) is 2.91. The third-order valence-corrected chi connectivity index (χ3v) is 4.48. The Labute approximate surface area is 170 Å². The van der Waals surface area contributed by atoms with Gasteiger partial charge in [-0.25, -0.2) is 4.68 Å². The molecule has 150 valence electrons. The van der Waals surface area contributed by atoms with E-state index in [1.54, 1.807) is 4.90 Å². The lowest BCUT2D eigenvalue weighted by atomic mass is 10.1. The highest BCUT2D eigenvalue weighted by atomic mass is 16.5. The molecule has 0 saturated heterocycles. The van der Waals surface area contributed by atoms with Gasteiger partial charge < -0.3 is 9.64 Å². The molecule has 0 unspecified atom stereocenters. The second kappa shape index (κ2) is 9.68. The van der Waals surface area contributed by atoms with Crippen LogP contribution in [0, 0.1) is 0 Å². The summed E-state index contributed by atoms with van der Waals surface area (Å²) in [6.07, 6.45) is 0. The van der Waals surface area contributed by atoms with Crippen LogP contribution >= 0.6 is 0 Å². The standard InChI is InChI=1S/C23H25N3O3/c1-18(2)25(17-19-9-5-3-6-10-19)23(28)21-13-14-22(27)26(24-21)15-16-29-20-11-7-4-8-12-20/h3-14,18H,15-17H2,1-2H3. The van der Waals surface area contributed by atoms with E-state index in [9.17, 15) is 9.59 Å². The van der Waals surface area contributed by atoms with Crippen LogP contribution < -0.4 is 10.3 Å². The first-order valence-electron chi connectivity index (χ1n) is 9.65. The minimum Gasteiger partial charge on any atom is -0.492 e. The van der Waals surface area contributed by atoms with Gasteiger partial charge in [0.2, 0.25) is 0 Å². The summed E-state index contributed by atoms with van der Waals surface area (Å²) in [7, 11) is 0. The van der Waals surface area contributed by atoms with Gasteiger partial charge in [0.15, 0.2) is 0 Å². The number of para-hydroxylation sites is 1. The predicted octanol–water partition coefficient (Wildman–Crippen LogP) is 3.37. The van der Waals surface area contributed by atoms with E-state index >= 15 is 0 Å². The summed E-state index contributed by atoms with van der Waals surface area (Å²) in [5.41, 5.74) is 1.02. The highest BCUT2D eigenvalue weighted by Crippen LogP contribution is 2.12. The van der Waals surface area contributed by atoms with Gasteiger partial charge in [0.25, 0.3) is 11.5 Å². The molecule has 29 heavy (non-hydrogen) atoms. The normalized spacial score (nSPS) is 10.7. The molecule has 0 fully saturated rings. The summed E-state index contributed by atoms with van der Waals surface area (Å²) in [6, 6.07) is 22.0.